The smallest absolute Gasteiger partial charge is 0.317 e. The zero-order chi connectivity index (χ0) is 18.0. The Balaban J connectivity index is 1.60. The minimum Gasteiger partial charge on any atom is -0.481 e. The first-order valence-electron chi connectivity index (χ1n) is 8.52. The summed E-state index contributed by atoms with van der Waals surface area (Å²) in [7, 11) is 0. The van der Waals surface area contributed by atoms with Crippen LogP contribution in [0.4, 0.5) is 4.79 Å². The highest BCUT2D eigenvalue weighted by Gasteiger charge is 2.30. The second kappa shape index (κ2) is 6.82. The first-order valence-corrected chi connectivity index (χ1v) is 8.52. The van der Waals surface area contributed by atoms with Crippen LogP contribution in [0.3, 0.4) is 0 Å². The molecule has 25 heavy (non-hydrogen) atoms. The lowest BCUT2D eigenvalue weighted by Crippen LogP contribution is -2.49. The second-order valence-electron chi connectivity index (χ2n) is 7.23. The van der Waals surface area contributed by atoms with Gasteiger partial charge in [-0.25, -0.2) is 4.79 Å². The van der Waals surface area contributed by atoms with E-state index in [0.717, 1.165) is 23.5 Å². The molecule has 1 unspecified atom stereocenters. The molecule has 2 aliphatic heterocycles. The molecule has 7 nitrogen and oxygen atoms in total. The van der Waals surface area contributed by atoms with Crippen LogP contribution in [0.5, 0.6) is 11.5 Å². The Hall–Kier alpha value is -2.44. The van der Waals surface area contributed by atoms with E-state index in [2.05, 4.69) is 5.32 Å². The van der Waals surface area contributed by atoms with Crippen LogP contribution in [0.2, 0.25) is 0 Å². The molecular weight excluding hydrogens is 324 g/mol. The van der Waals surface area contributed by atoms with Gasteiger partial charge in [-0.1, -0.05) is 19.9 Å². The minimum atomic E-state index is -0.835. The molecule has 136 valence electrons. The van der Waals surface area contributed by atoms with Crippen molar-refractivity contribution >= 4 is 12.0 Å². The predicted molar refractivity (Wildman–Crippen MR) is 90.9 cm³/mol. The molecule has 3 rings (SSSR count). The maximum atomic E-state index is 12.4. The van der Waals surface area contributed by atoms with E-state index in [1.807, 2.05) is 32.0 Å². The Bertz CT molecular complexity index is 673. The monoisotopic (exact) mass is 348 g/mol. The number of nitrogens with zero attached hydrogens (tertiary/aromatic N) is 1. The van der Waals surface area contributed by atoms with Crippen molar-refractivity contribution in [1.82, 2.24) is 10.2 Å². The summed E-state index contributed by atoms with van der Waals surface area (Å²) in [5.74, 6) is 0.147. The molecule has 1 fully saturated rings. The van der Waals surface area contributed by atoms with E-state index in [1.165, 1.54) is 0 Å². The summed E-state index contributed by atoms with van der Waals surface area (Å²) >= 11 is 0. The molecule has 0 radical (unpaired) electrons. The number of benzene rings is 1. The topological polar surface area (TPSA) is 88.1 Å². The van der Waals surface area contributed by atoms with Crippen molar-refractivity contribution in [3.05, 3.63) is 23.8 Å². The third-order valence-corrected chi connectivity index (χ3v) is 4.89. The van der Waals surface area contributed by atoms with Gasteiger partial charge in [0.1, 0.15) is 0 Å². The van der Waals surface area contributed by atoms with Crippen molar-refractivity contribution in [3.8, 4) is 11.5 Å². The van der Waals surface area contributed by atoms with Gasteiger partial charge < -0.3 is 24.8 Å². The molecule has 7 heteroatoms. The quantitative estimate of drug-likeness (QED) is 0.871. The van der Waals surface area contributed by atoms with Crippen molar-refractivity contribution in [3.63, 3.8) is 0 Å². The highest BCUT2D eigenvalue weighted by atomic mass is 16.7. The van der Waals surface area contributed by atoms with E-state index < -0.39 is 11.9 Å². The number of hydrogen-bond acceptors (Lipinski definition) is 4. The Morgan fingerprint density at radius 1 is 1.32 bits per heavy atom. The maximum Gasteiger partial charge on any atom is 0.317 e. The molecule has 2 N–H and O–H groups in total. The van der Waals surface area contributed by atoms with Gasteiger partial charge in [-0.05, 0) is 30.5 Å². The first kappa shape index (κ1) is 17.4. The number of carbonyl (C=O) groups excluding carboxylic acids is 1. The summed E-state index contributed by atoms with van der Waals surface area (Å²) in [6.07, 6.45) is 1.34. The number of fused-ring (bicyclic) bond motifs is 1. The summed E-state index contributed by atoms with van der Waals surface area (Å²) in [6, 6.07) is 5.58. The number of carbonyl (C=O) groups is 2. The Labute approximate surface area is 146 Å². The van der Waals surface area contributed by atoms with Crippen LogP contribution in [-0.2, 0) is 10.2 Å². The van der Waals surface area contributed by atoms with Gasteiger partial charge in [0.05, 0.1) is 5.92 Å². The number of nitrogens with one attached hydrogen (secondary N) is 1. The number of carboxylic acids is 1. The standard InChI is InChI=1S/C18H24N2O5/c1-18(2,13-5-6-14-15(8-13)25-11-24-14)10-19-17(23)20-7-3-4-12(9-20)16(21)22/h5-6,8,12H,3-4,7,9-11H2,1-2H3,(H,19,23)(H,21,22). The number of amides is 2. The van der Waals surface area contributed by atoms with Gasteiger partial charge in [-0.3, -0.25) is 4.79 Å². The van der Waals surface area contributed by atoms with Gasteiger partial charge in [0.2, 0.25) is 6.79 Å². The number of urea groups is 1. The third-order valence-electron chi connectivity index (χ3n) is 4.89. The Morgan fingerprint density at radius 2 is 2.08 bits per heavy atom. The summed E-state index contributed by atoms with van der Waals surface area (Å²) < 4.78 is 10.7. The molecule has 0 saturated carbocycles. The van der Waals surface area contributed by atoms with E-state index in [-0.39, 0.29) is 24.8 Å². The largest absolute Gasteiger partial charge is 0.481 e. The molecule has 0 aliphatic carbocycles. The minimum absolute atomic E-state index is 0.209. The fourth-order valence-electron chi connectivity index (χ4n) is 3.19. The molecule has 2 amide bonds. The number of carboxylic acid groups (broad SMARTS) is 1. The number of ether oxygens (including phenoxy) is 2. The van der Waals surface area contributed by atoms with Gasteiger partial charge in [0, 0.05) is 25.0 Å². The summed E-state index contributed by atoms with van der Waals surface area (Å²) in [4.78, 5) is 25.1. The molecule has 2 aliphatic rings. The third kappa shape index (κ3) is 3.81. The zero-order valence-electron chi connectivity index (χ0n) is 14.6. The molecule has 0 aromatic heterocycles. The number of aliphatic carboxylic acids is 1. The average Bonchev–Trinajstić information content (AvgIpc) is 3.07. The number of piperidine rings is 1. The fourth-order valence-corrected chi connectivity index (χ4v) is 3.19. The van der Waals surface area contributed by atoms with Crippen LogP contribution < -0.4 is 14.8 Å². The molecule has 1 saturated heterocycles. The Kier molecular flexibility index (Phi) is 4.74. The van der Waals surface area contributed by atoms with Crippen molar-refractivity contribution in [2.75, 3.05) is 26.4 Å². The number of hydrogen-bond donors (Lipinski definition) is 2. The summed E-state index contributed by atoms with van der Waals surface area (Å²) in [5, 5.41) is 12.1. The van der Waals surface area contributed by atoms with E-state index in [4.69, 9.17) is 14.6 Å². The van der Waals surface area contributed by atoms with Gasteiger partial charge in [-0.15, -0.1) is 0 Å². The number of rotatable bonds is 4. The van der Waals surface area contributed by atoms with Crippen LogP contribution in [0.1, 0.15) is 32.3 Å². The average molecular weight is 348 g/mol. The van der Waals surface area contributed by atoms with E-state index >= 15 is 0 Å². The SMILES string of the molecule is CC(C)(CNC(=O)N1CCCC(C(=O)O)C1)c1ccc2c(c1)OCO2. The van der Waals surface area contributed by atoms with Gasteiger partial charge in [0.25, 0.3) is 0 Å². The molecule has 0 bridgehead atoms. The van der Waals surface area contributed by atoms with Crippen LogP contribution in [0.15, 0.2) is 18.2 Å². The molecular formula is C18H24N2O5. The van der Waals surface area contributed by atoms with Crippen molar-refractivity contribution in [2.45, 2.75) is 32.1 Å². The molecule has 2 heterocycles. The van der Waals surface area contributed by atoms with Crippen LogP contribution in [0.25, 0.3) is 0 Å². The van der Waals surface area contributed by atoms with E-state index in [1.54, 1.807) is 4.90 Å². The lowest BCUT2D eigenvalue weighted by Gasteiger charge is -2.32. The predicted octanol–water partition coefficient (Wildman–Crippen LogP) is 2.20. The first-order chi connectivity index (χ1) is 11.9. The second-order valence-corrected chi connectivity index (χ2v) is 7.23. The van der Waals surface area contributed by atoms with Gasteiger partial charge in [0.15, 0.2) is 11.5 Å². The lowest BCUT2D eigenvalue weighted by molar-refractivity contribution is -0.143. The summed E-state index contributed by atoms with van der Waals surface area (Å²) in [5.41, 5.74) is 0.748. The zero-order valence-corrected chi connectivity index (χ0v) is 14.6. The van der Waals surface area contributed by atoms with Crippen LogP contribution >= 0.6 is 0 Å². The fraction of sp³-hybridized carbons (Fsp3) is 0.556. The lowest BCUT2D eigenvalue weighted by atomic mass is 9.84. The van der Waals surface area contributed by atoms with Crippen LogP contribution in [0, 0.1) is 5.92 Å². The number of likely N-dealkylation sites (tertiary alicyclic amines) is 1. The van der Waals surface area contributed by atoms with Crippen LogP contribution in [-0.4, -0.2) is 48.4 Å². The Morgan fingerprint density at radius 3 is 2.84 bits per heavy atom. The van der Waals surface area contributed by atoms with Crippen molar-refractivity contribution in [1.29, 1.82) is 0 Å². The van der Waals surface area contributed by atoms with Gasteiger partial charge >= 0.3 is 12.0 Å². The van der Waals surface area contributed by atoms with Crippen molar-refractivity contribution in [2.24, 2.45) is 5.92 Å². The molecule has 0 spiro atoms. The van der Waals surface area contributed by atoms with E-state index in [9.17, 15) is 9.59 Å². The highest BCUT2D eigenvalue weighted by molar-refractivity contribution is 5.76. The van der Waals surface area contributed by atoms with Crippen molar-refractivity contribution < 1.29 is 24.2 Å². The maximum absolute atomic E-state index is 12.4. The molecule has 1 aromatic rings. The summed E-state index contributed by atoms with van der Waals surface area (Å²) in [6.45, 7) is 5.63. The molecule has 1 atom stereocenters. The highest BCUT2D eigenvalue weighted by Crippen LogP contribution is 2.36. The van der Waals surface area contributed by atoms with Gasteiger partial charge in [-0.2, -0.15) is 0 Å². The normalized spacial score (nSPS) is 19.6. The molecule has 1 aromatic carbocycles. The van der Waals surface area contributed by atoms with E-state index in [0.29, 0.717) is 19.5 Å².